The maximum absolute atomic E-state index is 14.2. The van der Waals surface area contributed by atoms with E-state index in [0.29, 0.717) is 34.2 Å². The molecule has 5 aromatic rings. The molecule has 10 heteroatoms. The van der Waals surface area contributed by atoms with Crippen molar-refractivity contribution in [2.45, 2.75) is 11.4 Å². The fourth-order valence-corrected chi connectivity index (χ4v) is 7.19. The van der Waals surface area contributed by atoms with Gasteiger partial charge in [0.05, 0.1) is 22.5 Å². The highest BCUT2D eigenvalue weighted by Gasteiger charge is 2.63. The minimum Gasteiger partial charge on any atom is -0.349 e. The van der Waals surface area contributed by atoms with Crippen LogP contribution in [0.4, 0.5) is 22.7 Å². The summed E-state index contributed by atoms with van der Waals surface area (Å²) in [6.45, 7) is 0. The number of oxime groups is 2. The van der Waals surface area contributed by atoms with Crippen molar-refractivity contribution in [2.24, 2.45) is 10.3 Å². The lowest BCUT2D eigenvalue weighted by atomic mass is 9.99. The number of hydrogen-bond donors (Lipinski definition) is 0. The van der Waals surface area contributed by atoms with Gasteiger partial charge in [-0.05, 0) is 36.4 Å². The molecule has 9 rings (SSSR count). The van der Waals surface area contributed by atoms with Crippen LogP contribution >= 0.6 is 0 Å². The minimum absolute atomic E-state index is 0.260. The Balaban J connectivity index is 1.20. The maximum atomic E-state index is 14.2. The highest BCUT2D eigenvalue weighted by atomic mass is 16.7. The summed E-state index contributed by atoms with van der Waals surface area (Å²) in [4.78, 5) is 47.7. The Labute approximate surface area is 276 Å². The zero-order valence-electron chi connectivity index (χ0n) is 26.0. The van der Waals surface area contributed by atoms with Crippen LogP contribution in [0.3, 0.4) is 0 Å². The predicted molar refractivity (Wildman–Crippen MR) is 183 cm³/mol. The first-order chi connectivity index (χ1) is 23.5. The zero-order valence-corrected chi connectivity index (χ0v) is 26.0. The minimum atomic E-state index is -1.55. The van der Waals surface area contributed by atoms with E-state index in [1.54, 1.807) is 23.9 Å². The van der Waals surface area contributed by atoms with Crippen molar-refractivity contribution >= 4 is 46.2 Å². The highest BCUT2D eigenvalue weighted by molar-refractivity contribution is 6.21. The topological polar surface area (TPSA) is 90.3 Å². The smallest absolute Gasteiger partial charge is 0.322 e. The SMILES string of the molecule is CN1C(=O)C2(ON=C(c3ccccc3)N2c2ccc(N3C(c4ccccc4)=NOC34C(=O)N(C)c3ccccc34)cc2)c2ccccc21. The number of para-hydroxylation sites is 2. The third-order valence-electron chi connectivity index (χ3n) is 9.46. The lowest BCUT2D eigenvalue weighted by molar-refractivity contribution is -0.140. The summed E-state index contributed by atoms with van der Waals surface area (Å²) in [7, 11) is 3.48. The molecule has 0 aliphatic carbocycles. The van der Waals surface area contributed by atoms with Gasteiger partial charge in [-0.15, -0.1) is 0 Å². The van der Waals surface area contributed by atoms with E-state index in [1.807, 2.05) is 143 Å². The van der Waals surface area contributed by atoms with Crippen LogP contribution in [-0.4, -0.2) is 37.6 Å². The number of likely N-dealkylation sites (N-methyl/N-ethyl adjacent to an activating group) is 2. The summed E-state index contributed by atoms with van der Waals surface area (Å²) in [5, 5.41) is 9.06. The van der Waals surface area contributed by atoms with Crippen LogP contribution in [0.15, 0.2) is 144 Å². The van der Waals surface area contributed by atoms with Crippen molar-refractivity contribution in [3.05, 3.63) is 156 Å². The molecule has 0 radical (unpaired) electrons. The molecule has 2 spiro atoms. The van der Waals surface area contributed by atoms with Gasteiger partial charge in [-0.1, -0.05) is 107 Å². The second kappa shape index (κ2) is 10.0. The van der Waals surface area contributed by atoms with Crippen molar-refractivity contribution in [2.75, 3.05) is 33.7 Å². The monoisotopic (exact) mass is 632 g/mol. The Hall–Kier alpha value is -6.42. The van der Waals surface area contributed by atoms with Crippen molar-refractivity contribution in [1.29, 1.82) is 0 Å². The fourth-order valence-electron chi connectivity index (χ4n) is 7.19. The number of nitrogens with zero attached hydrogens (tertiary/aromatic N) is 6. The first kappa shape index (κ1) is 27.9. The van der Waals surface area contributed by atoms with Crippen LogP contribution in [0.5, 0.6) is 0 Å². The molecule has 5 aromatic carbocycles. The molecule has 234 valence electrons. The normalized spacial score (nSPS) is 22.2. The molecular weight excluding hydrogens is 604 g/mol. The number of amidine groups is 2. The molecule has 0 N–H and O–H groups in total. The molecule has 0 bridgehead atoms. The lowest BCUT2D eigenvalue weighted by Gasteiger charge is -2.35. The van der Waals surface area contributed by atoms with E-state index in [9.17, 15) is 9.59 Å². The van der Waals surface area contributed by atoms with Gasteiger partial charge in [-0.3, -0.25) is 19.4 Å². The van der Waals surface area contributed by atoms with Gasteiger partial charge in [-0.25, -0.2) is 0 Å². The molecule has 0 aromatic heterocycles. The van der Waals surface area contributed by atoms with E-state index in [2.05, 4.69) is 10.3 Å². The third kappa shape index (κ3) is 3.51. The molecule has 4 heterocycles. The summed E-state index contributed by atoms with van der Waals surface area (Å²) in [5.74, 6) is 0.472. The molecule has 4 aliphatic rings. The van der Waals surface area contributed by atoms with Crippen molar-refractivity contribution in [3.63, 3.8) is 0 Å². The molecule has 2 unspecified atom stereocenters. The first-order valence-corrected chi connectivity index (χ1v) is 15.6. The van der Waals surface area contributed by atoms with Gasteiger partial charge in [0.15, 0.2) is 11.7 Å². The Bertz CT molecular complexity index is 2030. The zero-order chi connectivity index (χ0) is 32.6. The molecular formula is C38H28N6O4. The second-order valence-corrected chi connectivity index (χ2v) is 12.0. The fraction of sp³-hybridized carbons (Fsp3) is 0.105. The van der Waals surface area contributed by atoms with Gasteiger partial charge in [0.25, 0.3) is 0 Å². The van der Waals surface area contributed by atoms with E-state index in [-0.39, 0.29) is 11.8 Å². The molecule has 0 saturated heterocycles. The van der Waals surface area contributed by atoms with Crippen molar-refractivity contribution < 1.29 is 19.3 Å². The summed E-state index contributed by atoms with van der Waals surface area (Å²) >= 11 is 0. The number of carbonyl (C=O) groups excluding carboxylic acids is 2. The standard InChI is InChI=1S/C38H28N6O4/c1-41-31-19-11-9-17-29(31)37(35(41)45)43(33(39-47-37)25-13-5-3-6-14-25)27-21-23-28(24-22-27)44-34(26-15-7-4-8-16-26)40-48-38(44)30-18-10-12-20-32(30)42(2)36(38)46/h3-24H,1-2H3. The number of hydrogen-bond acceptors (Lipinski definition) is 8. The lowest BCUT2D eigenvalue weighted by Crippen LogP contribution is -2.53. The number of fused-ring (bicyclic) bond motifs is 4. The van der Waals surface area contributed by atoms with Crippen LogP contribution < -0.4 is 19.6 Å². The Morgan fingerprint density at radius 3 is 1.23 bits per heavy atom. The number of carbonyl (C=O) groups is 2. The third-order valence-corrected chi connectivity index (χ3v) is 9.46. The van der Waals surface area contributed by atoms with Gasteiger partial charge in [-0.2, -0.15) is 0 Å². The van der Waals surface area contributed by atoms with Crippen LogP contribution in [0.25, 0.3) is 0 Å². The van der Waals surface area contributed by atoms with E-state index in [0.717, 1.165) is 22.5 Å². The van der Waals surface area contributed by atoms with Crippen molar-refractivity contribution in [3.8, 4) is 0 Å². The predicted octanol–water partition coefficient (Wildman–Crippen LogP) is 5.74. The van der Waals surface area contributed by atoms with Crippen LogP contribution in [0.2, 0.25) is 0 Å². The Kier molecular flexibility index (Phi) is 5.83. The largest absolute Gasteiger partial charge is 0.349 e. The Morgan fingerprint density at radius 1 is 0.479 bits per heavy atom. The number of amides is 2. The summed E-state index contributed by atoms with van der Waals surface area (Å²) < 4.78 is 0. The van der Waals surface area contributed by atoms with Crippen LogP contribution in [-0.2, 0) is 30.7 Å². The van der Waals surface area contributed by atoms with Gasteiger partial charge < -0.3 is 19.5 Å². The van der Waals surface area contributed by atoms with Crippen LogP contribution in [0, 0.1) is 0 Å². The molecule has 0 fully saturated rings. The number of anilines is 4. The average Bonchev–Trinajstić information content (AvgIpc) is 3.86. The second-order valence-electron chi connectivity index (χ2n) is 12.0. The van der Waals surface area contributed by atoms with E-state index >= 15 is 0 Å². The average molecular weight is 633 g/mol. The quantitative estimate of drug-likeness (QED) is 0.251. The van der Waals surface area contributed by atoms with Gasteiger partial charge in [0, 0.05) is 36.6 Å². The van der Waals surface area contributed by atoms with E-state index in [1.165, 1.54) is 0 Å². The molecule has 4 aliphatic heterocycles. The first-order valence-electron chi connectivity index (χ1n) is 15.6. The highest BCUT2D eigenvalue weighted by Crippen LogP contribution is 2.52. The van der Waals surface area contributed by atoms with Crippen LogP contribution in [0.1, 0.15) is 22.3 Å². The number of rotatable bonds is 4. The molecule has 0 saturated carbocycles. The van der Waals surface area contributed by atoms with Crippen molar-refractivity contribution in [1.82, 2.24) is 0 Å². The maximum Gasteiger partial charge on any atom is 0.322 e. The summed E-state index contributed by atoms with van der Waals surface area (Å²) in [6.07, 6.45) is 0. The summed E-state index contributed by atoms with van der Waals surface area (Å²) in [5.41, 5.74) is 2.70. The van der Waals surface area contributed by atoms with E-state index < -0.39 is 11.4 Å². The van der Waals surface area contributed by atoms with Gasteiger partial charge in [0.2, 0.25) is 0 Å². The molecule has 48 heavy (non-hydrogen) atoms. The number of benzene rings is 5. The molecule has 2 atom stereocenters. The molecule has 2 amide bonds. The van der Waals surface area contributed by atoms with Gasteiger partial charge in [0.1, 0.15) is 0 Å². The summed E-state index contributed by atoms with van der Waals surface area (Å²) in [6, 6.07) is 42.1. The molecule has 10 nitrogen and oxygen atoms in total. The van der Waals surface area contributed by atoms with E-state index in [4.69, 9.17) is 9.68 Å². The Morgan fingerprint density at radius 2 is 0.833 bits per heavy atom. The van der Waals surface area contributed by atoms with Gasteiger partial charge >= 0.3 is 23.3 Å².